The van der Waals surface area contributed by atoms with E-state index in [1.807, 2.05) is 4.90 Å². The fourth-order valence-electron chi connectivity index (χ4n) is 2.96. The van der Waals surface area contributed by atoms with Crippen LogP contribution in [0.2, 0.25) is 0 Å². The molecule has 0 bridgehead atoms. The van der Waals surface area contributed by atoms with E-state index in [1.165, 1.54) is 4.88 Å². The normalized spacial score (nSPS) is 19.2. The second kappa shape index (κ2) is 7.27. The molecule has 1 aromatic heterocycles. The molecule has 0 atom stereocenters. The molecule has 4 nitrogen and oxygen atoms in total. The maximum atomic E-state index is 12.2. The molecular weight excluding hydrogens is 296 g/mol. The Hall–Kier alpha value is -1.36. The van der Waals surface area contributed by atoms with Crippen LogP contribution in [0.1, 0.15) is 43.4 Å². The molecule has 5 heteroatoms. The number of carbonyl (C=O) groups is 2. The zero-order chi connectivity index (χ0) is 15.4. The number of hydrogen-bond acceptors (Lipinski definition) is 3. The van der Waals surface area contributed by atoms with Crippen LogP contribution < -0.4 is 5.32 Å². The lowest BCUT2D eigenvalue weighted by atomic mass is 10.0. The first-order valence-electron chi connectivity index (χ1n) is 8.33. The van der Waals surface area contributed by atoms with Crippen LogP contribution in [0.3, 0.4) is 0 Å². The average Bonchev–Trinajstić information content (AvgIpc) is 3.26. The highest BCUT2D eigenvalue weighted by atomic mass is 32.1. The number of piperidine rings is 1. The summed E-state index contributed by atoms with van der Waals surface area (Å²) in [5.41, 5.74) is 0. The molecule has 0 aromatic carbocycles. The van der Waals surface area contributed by atoms with Crippen molar-refractivity contribution < 1.29 is 9.59 Å². The van der Waals surface area contributed by atoms with E-state index in [-0.39, 0.29) is 23.8 Å². The third-order valence-electron chi connectivity index (χ3n) is 4.54. The number of carbonyl (C=O) groups excluding carboxylic acids is 2. The van der Waals surface area contributed by atoms with Gasteiger partial charge < -0.3 is 10.2 Å². The first-order valence-corrected chi connectivity index (χ1v) is 9.21. The average molecular weight is 320 g/mol. The Morgan fingerprint density at radius 1 is 1.23 bits per heavy atom. The smallest absolute Gasteiger partial charge is 0.223 e. The van der Waals surface area contributed by atoms with E-state index in [2.05, 4.69) is 22.8 Å². The van der Waals surface area contributed by atoms with Gasteiger partial charge >= 0.3 is 0 Å². The van der Waals surface area contributed by atoms with Crippen molar-refractivity contribution in [3.63, 3.8) is 0 Å². The van der Waals surface area contributed by atoms with Crippen molar-refractivity contribution in [2.75, 3.05) is 13.1 Å². The van der Waals surface area contributed by atoms with E-state index in [0.717, 1.165) is 51.6 Å². The number of amides is 2. The van der Waals surface area contributed by atoms with E-state index in [0.29, 0.717) is 6.42 Å². The summed E-state index contributed by atoms with van der Waals surface area (Å²) in [6, 6.07) is 4.45. The van der Waals surface area contributed by atoms with Gasteiger partial charge in [-0.3, -0.25) is 9.59 Å². The minimum atomic E-state index is 0.223. The molecule has 3 rings (SSSR count). The van der Waals surface area contributed by atoms with Crippen LogP contribution in [0.15, 0.2) is 17.5 Å². The highest BCUT2D eigenvalue weighted by molar-refractivity contribution is 7.09. The minimum Gasteiger partial charge on any atom is -0.353 e. The van der Waals surface area contributed by atoms with Gasteiger partial charge in [0.25, 0.3) is 0 Å². The molecule has 2 heterocycles. The van der Waals surface area contributed by atoms with Gasteiger partial charge in [-0.25, -0.2) is 0 Å². The summed E-state index contributed by atoms with van der Waals surface area (Å²) in [5.74, 6) is 0.765. The summed E-state index contributed by atoms with van der Waals surface area (Å²) >= 11 is 1.76. The van der Waals surface area contributed by atoms with Crippen molar-refractivity contribution in [2.24, 2.45) is 5.92 Å². The van der Waals surface area contributed by atoms with Gasteiger partial charge in [-0.15, -0.1) is 11.3 Å². The van der Waals surface area contributed by atoms with Crippen molar-refractivity contribution in [1.29, 1.82) is 0 Å². The van der Waals surface area contributed by atoms with Crippen molar-refractivity contribution in [3.05, 3.63) is 22.4 Å². The number of thiophene rings is 1. The highest BCUT2D eigenvalue weighted by Crippen LogP contribution is 2.29. The zero-order valence-corrected chi connectivity index (χ0v) is 13.7. The van der Waals surface area contributed by atoms with Gasteiger partial charge in [-0.05, 0) is 50.0 Å². The van der Waals surface area contributed by atoms with Gasteiger partial charge in [0.1, 0.15) is 0 Å². The molecule has 1 N–H and O–H groups in total. The monoisotopic (exact) mass is 320 g/mol. The maximum Gasteiger partial charge on any atom is 0.223 e. The van der Waals surface area contributed by atoms with Gasteiger partial charge in [-0.2, -0.15) is 0 Å². The first kappa shape index (κ1) is 15.5. The Morgan fingerprint density at radius 2 is 2.00 bits per heavy atom. The van der Waals surface area contributed by atoms with Crippen LogP contribution in [0, 0.1) is 5.92 Å². The van der Waals surface area contributed by atoms with E-state index >= 15 is 0 Å². The van der Waals surface area contributed by atoms with Crippen molar-refractivity contribution >= 4 is 23.2 Å². The number of hydrogen-bond donors (Lipinski definition) is 1. The topological polar surface area (TPSA) is 49.4 Å². The molecule has 2 fully saturated rings. The molecule has 22 heavy (non-hydrogen) atoms. The van der Waals surface area contributed by atoms with E-state index in [9.17, 15) is 9.59 Å². The summed E-state index contributed by atoms with van der Waals surface area (Å²) in [4.78, 5) is 27.3. The molecule has 2 amide bonds. The molecule has 120 valence electrons. The second-order valence-corrected chi connectivity index (χ2v) is 7.40. The quantitative estimate of drug-likeness (QED) is 0.876. The minimum absolute atomic E-state index is 0.223. The summed E-state index contributed by atoms with van der Waals surface area (Å²) in [7, 11) is 0. The number of rotatable bonds is 6. The molecular formula is C17H24N2O2S. The van der Waals surface area contributed by atoms with Crippen LogP contribution in [0.5, 0.6) is 0 Å². The Balaban J connectivity index is 1.33. The lowest BCUT2D eigenvalue weighted by molar-refractivity contribution is -0.132. The lowest BCUT2D eigenvalue weighted by Gasteiger charge is -2.32. The molecule has 1 aliphatic heterocycles. The molecule has 1 aromatic rings. The highest BCUT2D eigenvalue weighted by Gasteiger charge is 2.32. The van der Waals surface area contributed by atoms with E-state index in [4.69, 9.17) is 0 Å². The third kappa shape index (κ3) is 4.32. The predicted octanol–water partition coefficient (Wildman–Crippen LogP) is 2.59. The van der Waals surface area contributed by atoms with Gasteiger partial charge in [0.05, 0.1) is 0 Å². The van der Waals surface area contributed by atoms with Crippen molar-refractivity contribution in [3.8, 4) is 0 Å². The Bertz CT molecular complexity index is 503. The summed E-state index contributed by atoms with van der Waals surface area (Å²) < 4.78 is 0. The molecule has 0 unspecified atom stereocenters. The number of nitrogens with one attached hydrogen (secondary N) is 1. The van der Waals surface area contributed by atoms with Crippen LogP contribution in [-0.2, 0) is 16.0 Å². The van der Waals surface area contributed by atoms with E-state index in [1.54, 1.807) is 11.3 Å². The fraction of sp³-hybridized carbons (Fsp3) is 0.647. The molecule has 1 saturated heterocycles. The summed E-state index contributed by atoms with van der Waals surface area (Å²) in [6.07, 6.45) is 6.46. The second-order valence-electron chi connectivity index (χ2n) is 6.37. The maximum absolute atomic E-state index is 12.2. The van der Waals surface area contributed by atoms with Gasteiger partial charge in [0.15, 0.2) is 0 Å². The third-order valence-corrected chi connectivity index (χ3v) is 5.47. The van der Waals surface area contributed by atoms with Crippen molar-refractivity contribution in [1.82, 2.24) is 10.2 Å². The molecule has 1 saturated carbocycles. The van der Waals surface area contributed by atoms with Gasteiger partial charge in [0, 0.05) is 36.3 Å². The Kier molecular flexibility index (Phi) is 5.13. The number of likely N-dealkylation sites (tertiary alicyclic amines) is 1. The largest absolute Gasteiger partial charge is 0.353 e. The molecule has 0 spiro atoms. The molecule has 1 aliphatic carbocycles. The number of aryl methyl sites for hydroxylation is 1. The zero-order valence-electron chi connectivity index (χ0n) is 12.9. The van der Waals surface area contributed by atoms with Crippen LogP contribution in [0.4, 0.5) is 0 Å². The van der Waals surface area contributed by atoms with Gasteiger partial charge in [-0.1, -0.05) is 6.07 Å². The van der Waals surface area contributed by atoms with Crippen LogP contribution in [0.25, 0.3) is 0 Å². The first-order chi connectivity index (χ1) is 10.7. The predicted molar refractivity (Wildman–Crippen MR) is 87.7 cm³/mol. The number of nitrogens with zero attached hydrogens (tertiary/aromatic N) is 1. The van der Waals surface area contributed by atoms with Crippen molar-refractivity contribution in [2.45, 2.75) is 51.0 Å². The van der Waals surface area contributed by atoms with Crippen LogP contribution in [-0.4, -0.2) is 35.8 Å². The SMILES string of the molecule is O=C(NC1CCN(C(=O)CCCc2cccs2)CC1)C1CC1. The van der Waals surface area contributed by atoms with E-state index < -0.39 is 0 Å². The molecule has 0 radical (unpaired) electrons. The summed E-state index contributed by atoms with van der Waals surface area (Å²) in [5, 5.41) is 5.21. The van der Waals surface area contributed by atoms with Gasteiger partial charge in [0.2, 0.25) is 11.8 Å². The summed E-state index contributed by atoms with van der Waals surface area (Å²) in [6.45, 7) is 1.57. The fourth-order valence-corrected chi connectivity index (χ4v) is 3.72. The van der Waals surface area contributed by atoms with Crippen LogP contribution >= 0.6 is 11.3 Å². The lowest BCUT2D eigenvalue weighted by Crippen LogP contribution is -2.46. The standard InChI is InChI=1S/C17H24N2O2S/c20-16(5-1-3-15-4-2-12-22-15)19-10-8-14(9-11-19)18-17(21)13-6-7-13/h2,4,12-14H,1,3,5-11H2,(H,18,21). The Morgan fingerprint density at radius 3 is 2.64 bits per heavy atom. The molecule has 2 aliphatic rings. The Labute approximate surface area is 135 Å².